The largest absolute Gasteiger partial charge is 0.271 e. The van der Waals surface area contributed by atoms with Crippen molar-refractivity contribution in [3.05, 3.63) is 29.8 Å². The van der Waals surface area contributed by atoms with Gasteiger partial charge >= 0.3 is 0 Å². The van der Waals surface area contributed by atoms with E-state index < -0.39 is 0 Å². The van der Waals surface area contributed by atoms with Crippen LogP contribution in [0.2, 0.25) is 0 Å². The summed E-state index contributed by atoms with van der Waals surface area (Å²) in [6.07, 6.45) is 1.67. The number of anilines is 1. The number of oxime groups is 1. The average Bonchev–Trinajstić information content (AvgIpc) is 2.05. The van der Waals surface area contributed by atoms with Gasteiger partial charge in [-0.05, 0) is 6.07 Å². The molecule has 1 aromatic carbocycles. The van der Waals surface area contributed by atoms with Crippen LogP contribution in [0, 0.1) is 0 Å². The highest BCUT2D eigenvalue weighted by molar-refractivity contribution is 5.87. The molecule has 0 aromatic heterocycles. The predicted molar refractivity (Wildman–Crippen MR) is 38.7 cm³/mol. The number of hydrogen-bond donors (Lipinski definition) is 1. The maximum Gasteiger partial charge on any atom is 0.0830 e. The van der Waals surface area contributed by atoms with Crippen LogP contribution in [0.25, 0.3) is 0 Å². The van der Waals surface area contributed by atoms with Crippen molar-refractivity contribution in [2.75, 3.05) is 5.48 Å². The minimum Gasteiger partial charge on any atom is -0.271 e. The van der Waals surface area contributed by atoms with Gasteiger partial charge in [0.2, 0.25) is 0 Å². The van der Waals surface area contributed by atoms with Crippen molar-refractivity contribution in [3.63, 3.8) is 0 Å². The lowest BCUT2D eigenvalue weighted by molar-refractivity contribution is 0.207. The smallest absolute Gasteiger partial charge is 0.0830 e. The van der Waals surface area contributed by atoms with Gasteiger partial charge in [-0.25, -0.2) is 0 Å². The van der Waals surface area contributed by atoms with Gasteiger partial charge in [-0.15, -0.1) is 0 Å². The van der Waals surface area contributed by atoms with Crippen molar-refractivity contribution in [1.29, 1.82) is 0 Å². The van der Waals surface area contributed by atoms with E-state index in [1.54, 1.807) is 6.21 Å². The Morgan fingerprint density at radius 2 is 2.20 bits per heavy atom. The van der Waals surface area contributed by atoms with Crippen molar-refractivity contribution in [3.8, 4) is 0 Å². The quantitative estimate of drug-likeness (QED) is 0.581. The molecule has 0 spiro atoms. The van der Waals surface area contributed by atoms with Crippen molar-refractivity contribution in [1.82, 2.24) is 0 Å². The summed E-state index contributed by atoms with van der Waals surface area (Å²) in [5, 5.41) is 3.58. The van der Waals surface area contributed by atoms with Crippen LogP contribution in [0.4, 0.5) is 5.69 Å². The van der Waals surface area contributed by atoms with E-state index in [0.29, 0.717) is 0 Å². The fourth-order valence-corrected chi connectivity index (χ4v) is 0.861. The van der Waals surface area contributed by atoms with Crippen LogP contribution in [0.3, 0.4) is 0 Å². The third kappa shape index (κ3) is 0.719. The number of para-hydroxylation sites is 1. The Kier molecular flexibility index (Phi) is 1.07. The second-order valence-electron chi connectivity index (χ2n) is 2.02. The Hall–Kier alpha value is -1.51. The molecule has 10 heavy (non-hydrogen) atoms. The van der Waals surface area contributed by atoms with Gasteiger partial charge in [-0.2, -0.15) is 5.48 Å². The normalized spacial score (nSPS) is 13.2. The van der Waals surface area contributed by atoms with Crippen LogP contribution in [0.15, 0.2) is 29.4 Å². The molecule has 0 unspecified atom stereocenters. The van der Waals surface area contributed by atoms with Gasteiger partial charge in [0.15, 0.2) is 0 Å². The van der Waals surface area contributed by atoms with E-state index in [1.165, 1.54) is 0 Å². The first-order valence-electron chi connectivity index (χ1n) is 3.01. The standard InChI is InChI=1S/C7H6N2O/c1-2-4-7-6(3-1)5-8-10-9-7/h1-5,9H. The van der Waals surface area contributed by atoms with E-state index in [9.17, 15) is 0 Å². The summed E-state index contributed by atoms with van der Waals surface area (Å²) in [5.74, 6) is 0. The average molecular weight is 134 g/mol. The van der Waals surface area contributed by atoms with Crippen LogP contribution in [0.1, 0.15) is 5.56 Å². The molecular formula is C7H6N2O. The fourth-order valence-electron chi connectivity index (χ4n) is 0.861. The Morgan fingerprint density at radius 1 is 1.30 bits per heavy atom. The molecule has 1 heterocycles. The van der Waals surface area contributed by atoms with Crippen molar-refractivity contribution < 1.29 is 4.94 Å². The molecule has 0 atom stereocenters. The van der Waals surface area contributed by atoms with Gasteiger partial charge < -0.3 is 0 Å². The van der Waals surface area contributed by atoms with E-state index in [1.807, 2.05) is 24.3 Å². The summed E-state index contributed by atoms with van der Waals surface area (Å²) in [6.45, 7) is 0. The first-order valence-corrected chi connectivity index (χ1v) is 3.01. The SMILES string of the molecule is C1=NONc2ccccc21. The molecule has 0 amide bonds. The molecule has 1 aliphatic heterocycles. The molecular weight excluding hydrogens is 128 g/mol. The molecule has 0 saturated carbocycles. The summed E-state index contributed by atoms with van der Waals surface area (Å²) < 4.78 is 0. The first kappa shape index (κ1) is 5.29. The molecule has 1 aromatic rings. The highest BCUT2D eigenvalue weighted by Gasteiger charge is 2.01. The Bertz CT molecular complexity index is 270. The van der Waals surface area contributed by atoms with Crippen molar-refractivity contribution in [2.24, 2.45) is 5.16 Å². The fraction of sp³-hybridized carbons (Fsp3) is 0. The number of rotatable bonds is 0. The number of benzene rings is 1. The zero-order valence-electron chi connectivity index (χ0n) is 5.24. The maximum atomic E-state index is 4.62. The summed E-state index contributed by atoms with van der Waals surface area (Å²) in [6, 6.07) is 7.79. The van der Waals surface area contributed by atoms with Gasteiger partial charge in [-0.1, -0.05) is 23.4 Å². The van der Waals surface area contributed by atoms with E-state index in [0.717, 1.165) is 11.3 Å². The van der Waals surface area contributed by atoms with Gasteiger partial charge in [0.05, 0.1) is 11.9 Å². The molecule has 3 nitrogen and oxygen atoms in total. The molecule has 0 radical (unpaired) electrons. The molecule has 0 bridgehead atoms. The lowest BCUT2D eigenvalue weighted by atomic mass is 10.2. The monoisotopic (exact) mass is 134 g/mol. The summed E-state index contributed by atoms with van der Waals surface area (Å²) in [5.41, 5.74) is 4.67. The second kappa shape index (κ2) is 2.02. The summed E-state index contributed by atoms with van der Waals surface area (Å²) in [4.78, 5) is 4.62. The lowest BCUT2D eigenvalue weighted by Crippen LogP contribution is -2.04. The predicted octanol–water partition coefficient (Wildman–Crippen LogP) is 1.38. The zero-order valence-corrected chi connectivity index (χ0v) is 5.24. The first-order chi connectivity index (χ1) is 4.97. The van der Waals surface area contributed by atoms with Crippen LogP contribution < -0.4 is 5.48 Å². The molecule has 0 fully saturated rings. The Balaban J connectivity index is 2.54. The zero-order chi connectivity index (χ0) is 6.81. The van der Waals surface area contributed by atoms with Crippen LogP contribution in [-0.2, 0) is 4.94 Å². The number of hydrogen-bond acceptors (Lipinski definition) is 3. The minimum atomic E-state index is 0.956. The van der Waals surface area contributed by atoms with Crippen LogP contribution in [0.5, 0.6) is 0 Å². The molecule has 50 valence electrons. The number of nitrogens with zero attached hydrogens (tertiary/aromatic N) is 1. The van der Waals surface area contributed by atoms with Gasteiger partial charge in [0.25, 0.3) is 0 Å². The molecule has 1 aliphatic rings. The highest BCUT2D eigenvalue weighted by atomic mass is 16.8. The van der Waals surface area contributed by atoms with E-state index in [2.05, 4.69) is 15.6 Å². The highest BCUT2D eigenvalue weighted by Crippen LogP contribution is 2.15. The van der Waals surface area contributed by atoms with Gasteiger partial charge in [0, 0.05) is 5.56 Å². The van der Waals surface area contributed by atoms with Gasteiger partial charge in [0.1, 0.15) is 0 Å². The van der Waals surface area contributed by atoms with Crippen molar-refractivity contribution in [2.45, 2.75) is 0 Å². The second-order valence-corrected chi connectivity index (χ2v) is 2.02. The van der Waals surface area contributed by atoms with E-state index >= 15 is 0 Å². The Morgan fingerprint density at radius 3 is 3.10 bits per heavy atom. The maximum absolute atomic E-state index is 4.62. The number of fused-ring (bicyclic) bond motifs is 1. The summed E-state index contributed by atoms with van der Waals surface area (Å²) in [7, 11) is 0. The molecule has 1 N–H and O–H groups in total. The molecule has 3 heteroatoms. The summed E-state index contributed by atoms with van der Waals surface area (Å²) >= 11 is 0. The third-order valence-electron chi connectivity index (χ3n) is 1.36. The third-order valence-corrected chi connectivity index (χ3v) is 1.36. The molecule has 0 saturated heterocycles. The number of nitrogens with one attached hydrogen (secondary N) is 1. The van der Waals surface area contributed by atoms with E-state index in [4.69, 9.17) is 0 Å². The van der Waals surface area contributed by atoms with Crippen LogP contribution >= 0.6 is 0 Å². The van der Waals surface area contributed by atoms with Crippen molar-refractivity contribution >= 4 is 11.9 Å². The van der Waals surface area contributed by atoms with E-state index in [-0.39, 0.29) is 0 Å². The Labute approximate surface area is 58.3 Å². The minimum absolute atomic E-state index is 0.956. The molecule has 0 aliphatic carbocycles. The lowest BCUT2D eigenvalue weighted by Gasteiger charge is -2.09. The molecule has 2 rings (SSSR count). The van der Waals surface area contributed by atoms with Gasteiger partial charge in [-0.3, -0.25) is 4.94 Å². The van der Waals surface area contributed by atoms with Crippen LogP contribution in [-0.4, -0.2) is 6.21 Å². The topological polar surface area (TPSA) is 33.6 Å².